The van der Waals surface area contributed by atoms with E-state index < -0.39 is 11.7 Å². The Hall–Kier alpha value is -1.82. The van der Waals surface area contributed by atoms with Gasteiger partial charge in [0.05, 0.1) is 11.3 Å². The molecular weight excluding hydrogens is 273 g/mol. The van der Waals surface area contributed by atoms with E-state index in [1.165, 1.54) is 23.5 Å². The summed E-state index contributed by atoms with van der Waals surface area (Å²) in [6, 6.07) is 4.17. The molecule has 19 heavy (non-hydrogen) atoms. The van der Waals surface area contributed by atoms with Crippen molar-refractivity contribution in [2.24, 2.45) is 0 Å². The highest BCUT2D eigenvalue weighted by Crippen LogP contribution is 2.35. The van der Waals surface area contributed by atoms with Crippen LogP contribution in [0.5, 0.6) is 0 Å². The average molecular weight is 284 g/mol. The van der Waals surface area contributed by atoms with Crippen LogP contribution in [-0.4, -0.2) is 4.98 Å². The van der Waals surface area contributed by atoms with E-state index in [1.54, 1.807) is 11.4 Å². The minimum atomic E-state index is -4.39. The number of nitrogen functional groups attached to an aromatic ring is 1. The number of hydrogen-bond acceptors (Lipinski definition) is 3. The first-order valence-electron chi connectivity index (χ1n) is 5.44. The largest absolute Gasteiger partial charge is 0.416 e. The number of rotatable bonds is 3. The molecule has 6 heteroatoms. The predicted octanol–water partition coefficient (Wildman–Crippen LogP) is 4.14. The molecule has 100 valence electrons. The maximum Gasteiger partial charge on any atom is 0.416 e. The lowest BCUT2D eigenvalue weighted by Gasteiger charge is -2.13. The lowest BCUT2D eigenvalue weighted by Crippen LogP contribution is -2.09. The van der Waals surface area contributed by atoms with Gasteiger partial charge in [0, 0.05) is 10.9 Å². The van der Waals surface area contributed by atoms with Gasteiger partial charge in [0.25, 0.3) is 0 Å². The molecule has 0 unspecified atom stereocenters. The van der Waals surface area contributed by atoms with Gasteiger partial charge in [0.15, 0.2) is 5.13 Å². The molecule has 0 saturated heterocycles. The normalized spacial score (nSPS) is 11.5. The molecule has 0 radical (unpaired) electrons. The Bertz CT molecular complexity index is 602. The highest BCUT2D eigenvalue weighted by molar-refractivity contribution is 7.13. The maximum absolute atomic E-state index is 13.0. The summed E-state index contributed by atoms with van der Waals surface area (Å²) in [5.74, 6) is 0. The summed E-state index contributed by atoms with van der Waals surface area (Å²) in [5.41, 5.74) is 5.90. The molecule has 2 aromatic rings. The van der Waals surface area contributed by atoms with E-state index in [2.05, 4.69) is 11.6 Å². The Balaban J connectivity index is 2.52. The van der Waals surface area contributed by atoms with Gasteiger partial charge in [-0.25, -0.2) is 4.98 Å². The number of hydrogen-bond donors (Lipinski definition) is 1. The SMILES string of the molecule is C=CCc1ccc(-c2csc(N)n2)cc1C(F)(F)F. The quantitative estimate of drug-likeness (QED) is 0.860. The number of benzene rings is 1. The van der Waals surface area contributed by atoms with Crippen molar-refractivity contribution < 1.29 is 13.2 Å². The highest BCUT2D eigenvalue weighted by atomic mass is 32.1. The predicted molar refractivity (Wildman–Crippen MR) is 70.9 cm³/mol. The van der Waals surface area contributed by atoms with Crippen molar-refractivity contribution in [2.75, 3.05) is 5.73 Å². The zero-order chi connectivity index (χ0) is 14.0. The highest BCUT2D eigenvalue weighted by Gasteiger charge is 2.33. The first-order chi connectivity index (χ1) is 8.91. The number of alkyl halides is 3. The van der Waals surface area contributed by atoms with Crippen molar-refractivity contribution in [2.45, 2.75) is 12.6 Å². The van der Waals surface area contributed by atoms with E-state index in [9.17, 15) is 13.2 Å². The minimum absolute atomic E-state index is 0.175. The van der Waals surface area contributed by atoms with Crippen molar-refractivity contribution >= 4 is 16.5 Å². The fourth-order valence-corrected chi connectivity index (χ4v) is 2.33. The van der Waals surface area contributed by atoms with Gasteiger partial charge in [-0.05, 0) is 18.1 Å². The molecular formula is C13H11F3N2S. The Morgan fingerprint density at radius 3 is 2.63 bits per heavy atom. The molecule has 0 atom stereocenters. The van der Waals surface area contributed by atoms with Crippen LogP contribution in [0, 0.1) is 0 Å². The molecule has 0 fully saturated rings. The number of nitrogens with zero attached hydrogens (tertiary/aromatic N) is 1. The van der Waals surface area contributed by atoms with Gasteiger partial charge in [0.1, 0.15) is 0 Å². The number of allylic oxidation sites excluding steroid dienone is 1. The zero-order valence-corrected chi connectivity index (χ0v) is 10.7. The van der Waals surface area contributed by atoms with Crippen molar-refractivity contribution in [3.05, 3.63) is 47.4 Å². The van der Waals surface area contributed by atoms with Gasteiger partial charge in [0.2, 0.25) is 0 Å². The second-order valence-corrected chi connectivity index (χ2v) is 4.82. The van der Waals surface area contributed by atoms with Crippen LogP contribution < -0.4 is 5.73 Å². The summed E-state index contributed by atoms with van der Waals surface area (Å²) in [4.78, 5) is 3.99. The monoisotopic (exact) mass is 284 g/mol. The molecule has 0 aliphatic carbocycles. The number of thiazole rings is 1. The molecule has 0 aliphatic heterocycles. The summed E-state index contributed by atoms with van der Waals surface area (Å²) in [5, 5.41) is 1.97. The molecule has 0 aliphatic rings. The van der Waals surface area contributed by atoms with Crippen molar-refractivity contribution in [3.8, 4) is 11.3 Å². The standard InChI is InChI=1S/C13H11F3N2S/c1-2-3-8-4-5-9(6-10(8)13(14,15)16)11-7-19-12(17)18-11/h2,4-7H,1,3H2,(H2,17,18). The summed E-state index contributed by atoms with van der Waals surface area (Å²) in [6.45, 7) is 3.47. The Labute approximate surface area is 112 Å². The van der Waals surface area contributed by atoms with E-state index in [1.807, 2.05) is 0 Å². The zero-order valence-electron chi connectivity index (χ0n) is 9.87. The fraction of sp³-hybridized carbons (Fsp3) is 0.154. The Kier molecular flexibility index (Phi) is 3.61. The molecule has 0 amide bonds. The van der Waals surface area contributed by atoms with Gasteiger partial charge >= 0.3 is 6.18 Å². The number of halogens is 3. The topological polar surface area (TPSA) is 38.9 Å². The van der Waals surface area contributed by atoms with Gasteiger partial charge < -0.3 is 5.73 Å². The molecule has 2 N–H and O–H groups in total. The van der Waals surface area contributed by atoms with Crippen LogP contribution in [-0.2, 0) is 12.6 Å². The number of aromatic nitrogens is 1. The van der Waals surface area contributed by atoms with Crippen molar-refractivity contribution in [1.82, 2.24) is 4.98 Å². The van der Waals surface area contributed by atoms with Crippen molar-refractivity contribution in [3.63, 3.8) is 0 Å². The first-order valence-corrected chi connectivity index (χ1v) is 6.32. The van der Waals surface area contributed by atoms with Gasteiger partial charge in [-0.2, -0.15) is 13.2 Å². The van der Waals surface area contributed by atoms with E-state index in [4.69, 9.17) is 5.73 Å². The van der Waals surface area contributed by atoms with E-state index >= 15 is 0 Å². The molecule has 0 saturated carbocycles. The van der Waals surface area contributed by atoms with Crippen molar-refractivity contribution in [1.29, 1.82) is 0 Å². The fourth-order valence-electron chi connectivity index (χ4n) is 1.75. The molecule has 1 aromatic carbocycles. The van der Waals surface area contributed by atoms with Gasteiger partial charge in [-0.15, -0.1) is 17.9 Å². The second-order valence-electron chi connectivity index (χ2n) is 3.93. The summed E-state index contributed by atoms with van der Waals surface area (Å²) in [7, 11) is 0. The smallest absolute Gasteiger partial charge is 0.375 e. The van der Waals surface area contributed by atoms with Crippen LogP contribution in [0.3, 0.4) is 0 Å². The van der Waals surface area contributed by atoms with Crippen LogP contribution in [0.4, 0.5) is 18.3 Å². The van der Waals surface area contributed by atoms with Crippen LogP contribution in [0.25, 0.3) is 11.3 Å². The number of anilines is 1. The van der Waals surface area contributed by atoms with E-state index in [0.717, 1.165) is 6.07 Å². The second kappa shape index (κ2) is 5.05. The molecule has 2 rings (SSSR count). The van der Waals surface area contributed by atoms with Crippen LogP contribution in [0.15, 0.2) is 36.2 Å². The third kappa shape index (κ3) is 2.96. The van der Waals surface area contributed by atoms with Crippen LogP contribution in [0.1, 0.15) is 11.1 Å². The average Bonchev–Trinajstić information content (AvgIpc) is 2.75. The first kappa shape index (κ1) is 13.6. The lowest BCUT2D eigenvalue weighted by atomic mass is 10.00. The lowest BCUT2D eigenvalue weighted by molar-refractivity contribution is -0.138. The summed E-state index contributed by atoms with van der Waals surface area (Å²) in [6.07, 6.45) is -2.77. The third-order valence-electron chi connectivity index (χ3n) is 2.60. The molecule has 0 spiro atoms. The van der Waals surface area contributed by atoms with E-state index in [0.29, 0.717) is 16.4 Å². The van der Waals surface area contributed by atoms with Crippen LogP contribution >= 0.6 is 11.3 Å². The van der Waals surface area contributed by atoms with Crippen LogP contribution in [0.2, 0.25) is 0 Å². The Morgan fingerprint density at radius 2 is 2.11 bits per heavy atom. The minimum Gasteiger partial charge on any atom is -0.375 e. The third-order valence-corrected chi connectivity index (χ3v) is 3.27. The number of nitrogens with two attached hydrogens (primary N) is 1. The molecule has 1 heterocycles. The Morgan fingerprint density at radius 1 is 1.37 bits per heavy atom. The molecule has 2 nitrogen and oxygen atoms in total. The van der Waals surface area contributed by atoms with E-state index in [-0.39, 0.29) is 12.0 Å². The summed E-state index contributed by atoms with van der Waals surface area (Å²) < 4.78 is 39.0. The maximum atomic E-state index is 13.0. The van der Waals surface area contributed by atoms with Gasteiger partial charge in [-0.1, -0.05) is 18.2 Å². The molecule has 1 aromatic heterocycles. The van der Waals surface area contributed by atoms with Gasteiger partial charge in [-0.3, -0.25) is 0 Å². The molecule has 0 bridgehead atoms. The summed E-state index contributed by atoms with van der Waals surface area (Å²) >= 11 is 1.20.